The smallest absolute Gasteiger partial charge is 0.241 e. The second-order valence-corrected chi connectivity index (χ2v) is 4.85. The van der Waals surface area contributed by atoms with Gasteiger partial charge in [-0.2, -0.15) is 0 Å². The molecule has 0 saturated carbocycles. The van der Waals surface area contributed by atoms with Crippen LogP contribution < -0.4 is 5.32 Å². The molecule has 2 atom stereocenters. The molecule has 1 amide bonds. The Bertz CT molecular complexity index is 241. The lowest BCUT2D eigenvalue weighted by atomic mass is 10.1. The summed E-state index contributed by atoms with van der Waals surface area (Å²) in [6.07, 6.45) is 2.01. The van der Waals surface area contributed by atoms with Gasteiger partial charge < -0.3 is 9.80 Å². The minimum Gasteiger partial charge on any atom is -0.325 e. The van der Waals surface area contributed by atoms with Gasteiger partial charge in [-0.1, -0.05) is 27.2 Å². The highest BCUT2D eigenvalue weighted by molar-refractivity contribution is 5.84. The summed E-state index contributed by atoms with van der Waals surface area (Å²) in [5.74, 6) is 0.284. The number of likely N-dealkylation sites (N-methyl/N-ethyl adjacent to an activating group) is 1. The Morgan fingerprint density at radius 2 is 2.06 bits per heavy atom. The summed E-state index contributed by atoms with van der Waals surface area (Å²) < 4.78 is 0. The van der Waals surface area contributed by atoms with Gasteiger partial charge in [0.2, 0.25) is 5.91 Å². The van der Waals surface area contributed by atoms with Crippen molar-refractivity contribution in [3.05, 3.63) is 0 Å². The topological polar surface area (TPSA) is 35.6 Å². The molecule has 1 heterocycles. The first-order chi connectivity index (χ1) is 8.13. The first-order valence-electron chi connectivity index (χ1n) is 6.90. The zero-order valence-corrected chi connectivity index (χ0v) is 11.7. The molecule has 1 aliphatic heterocycles. The van der Waals surface area contributed by atoms with Crippen LogP contribution in [0.3, 0.4) is 0 Å². The van der Waals surface area contributed by atoms with E-state index in [1.54, 1.807) is 0 Å². The van der Waals surface area contributed by atoms with Gasteiger partial charge in [0.25, 0.3) is 0 Å². The molecule has 100 valence electrons. The van der Waals surface area contributed by atoms with Crippen LogP contribution in [0.25, 0.3) is 0 Å². The molecule has 1 aliphatic rings. The monoisotopic (exact) mass is 241 g/mol. The number of carbonyl (C=O) groups is 1. The number of hydrogen-bond acceptors (Lipinski definition) is 3. The van der Waals surface area contributed by atoms with Crippen molar-refractivity contribution in [2.75, 3.05) is 26.3 Å². The molecule has 0 spiro atoms. The van der Waals surface area contributed by atoms with E-state index >= 15 is 0 Å². The van der Waals surface area contributed by atoms with Gasteiger partial charge in [0.1, 0.15) is 0 Å². The Kier molecular flexibility index (Phi) is 5.92. The Morgan fingerprint density at radius 3 is 2.59 bits per heavy atom. The van der Waals surface area contributed by atoms with Crippen molar-refractivity contribution < 1.29 is 4.79 Å². The molecule has 1 N–H and O–H groups in total. The zero-order valence-electron chi connectivity index (χ0n) is 11.7. The Morgan fingerprint density at radius 1 is 1.41 bits per heavy atom. The molecule has 17 heavy (non-hydrogen) atoms. The maximum Gasteiger partial charge on any atom is 0.241 e. The number of nitrogens with zero attached hydrogens (tertiary/aromatic N) is 2. The molecule has 1 rings (SSSR count). The molecule has 4 nitrogen and oxygen atoms in total. The van der Waals surface area contributed by atoms with Gasteiger partial charge in [0.05, 0.1) is 12.7 Å². The predicted molar refractivity (Wildman–Crippen MR) is 70.8 cm³/mol. The second kappa shape index (κ2) is 6.97. The van der Waals surface area contributed by atoms with E-state index in [2.05, 4.69) is 37.9 Å². The minimum absolute atomic E-state index is 0.0548. The van der Waals surface area contributed by atoms with Crippen LogP contribution in [0.1, 0.15) is 40.5 Å². The second-order valence-electron chi connectivity index (χ2n) is 4.85. The van der Waals surface area contributed by atoms with Gasteiger partial charge in [0, 0.05) is 12.6 Å². The highest BCUT2D eigenvalue weighted by atomic mass is 16.2. The lowest BCUT2D eigenvalue weighted by Gasteiger charge is -2.29. The average Bonchev–Trinajstić information content (AvgIpc) is 2.68. The third-order valence-corrected chi connectivity index (χ3v) is 3.62. The maximum absolute atomic E-state index is 12.1. The van der Waals surface area contributed by atoms with Crippen LogP contribution in [0.5, 0.6) is 0 Å². The standard InChI is InChI=1S/C13H27N3O/c1-5-8-12-13(17)16(10-14-12)11(4)9-15(6-2)7-3/h11-12,14H,5-10H2,1-4H3. The molecule has 1 saturated heterocycles. The fraction of sp³-hybridized carbons (Fsp3) is 0.923. The number of rotatable bonds is 7. The predicted octanol–water partition coefficient (Wildman–Crippen LogP) is 1.27. The van der Waals surface area contributed by atoms with Crippen LogP contribution >= 0.6 is 0 Å². The van der Waals surface area contributed by atoms with Gasteiger partial charge in [-0.25, -0.2) is 0 Å². The number of amides is 1. The molecule has 0 aliphatic carbocycles. The molecule has 1 fully saturated rings. The Balaban J connectivity index is 2.48. The van der Waals surface area contributed by atoms with Gasteiger partial charge in [0.15, 0.2) is 0 Å². The van der Waals surface area contributed by atoms with E-state index in [4.69, 9.17) is 0 Å². The minimum atomic E-state index is 0.0548. The molecule has 0 aromatic rings. The Labute approximate surface area is 105 Å². The van der Waals surface area contributed by atoms with Crippen LogP contribution in [0, 0.1) is 0 Å². The van der Waals surface area contributed by atoms with Gasteiger partial charge in [-0.05, 0) is 26.4 Å². The van der Waals surface area contributed by atoms with Crippen molar-refractivity contribution in [2.45, 2.75) is 52.6 Å². The maximum atomic E-state index is 12.1. The molecule has 0 aromatic heterocycles. The summed E-state index contributed by atoms with van der Waals surface area (Å²) in [5.41, 5.74) is 0. The van der Waals surface area contributed by atoms with Crippen molar-refractivity contribution >= 4 is 5.91 Å². The van der Waals surface area contributed by atoms with Crippen molar-refractivity contribution in [2.24, 2.45) is 0 Å². The van der Waals surface area contributed by atoms with E-state index in [1.807, 2.05) is 4.90 Å². The van der Waals surface area contributed by atoms with Crippen LogP contribution in [-0.2, 0) is 4.79 Å². The third kappa shape index (κ3) is 3.68. The summed E-state index contributed by atoms with van der Waals surface area (Å²) in [7, 11) is 0. The van der Waals surface area contributed by atoms with Crippen molar-refractivity contribution in [3.8, 4) is 0 Å². The molecule has 0 aromatic carbocycles. The SMILES string of the molecule is CCCC1NCN(C(C)CN(CC)CC)C1=O. The third-order valence-electron chi connectivity index (χ3n) is 3.62. The highest BCUT2D eigenvalue weighted by Crippen LogP contribution is 2.13. The summed E-state index contributed by atoms with van der Waals surface area (Å²) in [6.45, 7) is 12.4. The summed E-state index contributed by atoms with van der Waals surface area (Å²) in [6, 6.07) is 0.357. The van der Waals surface area contributed by atoms with E-state index in [0.29, 0.717) is 12.7 Å². The first kappa shape index (κ1) is 14.5. The van der Waals surface area contributed by atoms with Gasteiger partial charge >= 0.3 is 0 Å². The molecular weight excluding hydrogens is 214 g/mol. The zero-order chi connectivity index (χ0) is 12.8. The van der Waals surface area contributed by atoms with Crippen molar-refractivity contribution in [1.29, 1.82) is 0 Å². The van der Waals surface area contributed by atoms with E-state index in [9.17, 15) is 4.79 Å². The van der Waals surface area contributed by atoms with Gasteiger partial charge in [-0.3, -0.25) is 10.1 Å². The fourth-order valence-corrected chi connectivity index (χ4v) is 2.42. The van der Waals surface area contributed by atoms with Gasteiger partial charge in [-0.15, -0.1) is 0 Å². The normalized spacial score (nSPS) is 22.5. The molecule has 0 radical (unpaired) electrons. The average molecular weight is 241 g/mol. The van der Waals surface area contributed by atoms with E-state index in [0.717, 1.165) is 32.5 Å². The number of carbonyl (C=O) groups excluding carboxylic acids is 1. The lowest BCUT2D eigenvalue weighted by molar-refractivity contribution is -0.131. The van der Waals surface area contributed by atoms with Crippen LogP contribution in [0.15, 0.2) is 0 Å². The van der Waals surface area contributed by atoms with E-state index in [1.165, 1.54) is 0 Å². The highest BCUT2D eigenvalue weighted by Gasteiger charge is 2.33. The van der Waals surface area contributed by atoms with Crippen LogP contribution in [0.2, 0.25) is 0 Å². The number of nitrogens with one attached hydrogen (secondary N) is 1. The molecule has 0 bridgehead atoms. The number of hydrogen-bond donors (Lipinski definition) is 1. The molecule has 2 unspecified atom stereocenters. The van der Waals surface area contributed by atoms with E-state index in [-0.39, 0.29) is 11.9 Å². The summed E-state index contributed by atoms with van der Waals surface area (Å²) >= 11 is 0. The van der Waals surface area contributed by atoms with Crippen molar-refractivity contribution in [1.82, 2.24) is 15.1 Å². The van der Waals surface area contributed by atoms with Crippen LogP contribution in [-0.4, -0.2) is 54.1 Å². The molecule has 4 heteroatoms. The molecular formula is C13H27N3O. The largest absolute Gasteiger partial charge is 0.325 e. The summed E-state index contributed by atoms with van der Waals surface area (Å²) in [4.78, 5) is 16.5. The Hall–Kier alpha value is -0.610. The quantitative estimate of drug-likeness (QED) is 0.729. The first-order valence-corrected chi connectivity index (χ1v) is 6.90. The lowest BCUT2D eigenvalue weighted by Crippen LogP contribution is -2.44. The van der Waals surface area contributed by atoms with Crippen LogP contribution in [0.4, 0.5) is 0 Å². The van der Waals surface area contributed by atoms with Crippen molar-refractivity contribution in [3.63, 3.8) is 0 Å². The summed E-state index contributed by atoms with van der Waals surface area (Å²) in [5, 5.41) is 3.31. The van der Waals surface area contributed by atoms with E-state index < -0.39 is 0 Å². The fourth-order valence-electron chi connectivity index (χ4n) is 2.42.